The molecule has 2 amide bonds. The minimum atomic E-state index is -1.05. The molecule has 1 unspecified atom stereocenters. The number of hydrogen-bond donors (Lipinski definition) is 1. The Morgan fingerprint density at radius 3 is 2.61 bits per heavy atom. The lowest BCUT2D eigenvalue weighted by Gasteiger charge is -2.27. The fraction of sp³-hybridized carbons (Fsp3) is 0.750. The highest BCUT2D eigenvalue weighted by molar-refractivity contribution is 5.89. The standard InChI is InChI=1S/C12H20N2O4/c1-3-5-10(15)14-7-4-6-9(14)12(18)13(2)8-11(16)17/h9H,3-8H2,1-2H3,(H,16,17). The van der Waals surface area contributed by atoms with Crippen molar-refractivity contribution in [3.63, 3.8) is 0 Å². The van der Waals surface area contributed by atoms with E-state index in [0.29, 0.717) is 19.4 Å². The van der Waals surface area contributed by atoms with E-state index in [1.807, 2.05) is 6.92 Å². The molecule has 0 aromatic carbocycles. The lowest BCUT2D eigenvalue weighted by atomic mass is 10.2. The van der Waals surface area contributed by atoms with Gasteiger partial charge in [-0.1, -0.05) is 6.92 Å². The molecule has 1 aliphatic heterocycles. The predicted octanol–water partition coefficient (Wildman–Crippen LogP) is 0.321. The van der Waals surface area contributed by atoms with Crippen LogP contribution < -0.4 is 0 Å². The first-order valence-electron chi connectivity index (χ1n) is 6.23. The van der Waals surface area contributed by atoms with Crippen molar-refractivity contribution in [3.8, 4) is 0 Å². The zero-order valence-electron chi connectivity index (χ0n) is 10.9. The van der Waals surface area contributed by atoms with Crippen molar-refractivity contribution < 1.29 is 19.5 Å². The second-order valence-corrected chi connectivity index (χ2v) is 4.58. The van der Waals surface area contributed by atoms with Crippen LogP contribution in [0.3, 0.4) is 0 Å². The Balaban J connectivity index is 2.66. The molecule has 1 fully saturated rings. The van der Waals surface area contributed by atoms with E-state index in [2.05, 4.69) is 0 Å². The lowest BCUT2D eigenvalue weighted by Crippen LogP contribution is -2.47. The number of nitrogens with zero attached hydrogens (tertiary/aromatic N) is 2. The number of likely N-dealkylation sites (N-methyl/N-ethyl adjacent to an activating group) is 1. The molecule has 0 saturated carbocycles. The maximum absolute atomic E-state index is 12.1. The van der Waals surface area contributed by atoms with Gasteiger partial charge in [-0.25, -0.2) is 0 Å². The third-order valence-corrected chi connectivity index (χ3v) is 3.07. The number of amides is 2. The van der Waals surface area contributed by atoms with E-state index in [-0.39, 0.29) is 18.4 Å². The number of carbonyl (C=O) groups is 3. The summed E-state index contributed by atoms with van der Waals surface area (Å²) in [6.07, 6.45) is 2.61. The van der Waals surface area contributed by atoms with Crippen molar-refractivity contribution in [3.05, 3.63) is 0 Å². The van der Waals surface area contributed by atoms with Gasteiger partial charge in [-0.15, -0.1) is 0 Å². The molecule has 1 N–H and O–H groups in total. The molecule has 1 rings (SSSR count). The fourth-order valence-corrected chi connectivity index (χ4v) is 2.21. The van der Waals surface area contributed by atoms with E-state index >= 15 is 0 Å². The van der Waals surface area contributed by atoms with Crippen molar-refractivity contribution in [1.82, 2.24) is 9.80 Å². The second kappa shape index (κ2) is 6.37. The first-order chi connectivity index (χ1) is 8.47. The first-order valence-corrected chi connectivity index (χ1v) is 6.23. The SMILES string of the molecule is CCCC(=O)N1CCCC1C(=O)N(C)CC(=O)O. The van der Waals surface area contributed by atoms with Crippen molar-refractivity contribution in [2.45, 2.75) is 38.6 Å². The third kappa shape index (κ3) is 3.45. The molecule has 1 aliphatic rings. The topological polar surface area (TPSA) is 77.9 Å². The van der Waals surface area contributed by atoms with Crippen molar-refractivity contribution >= 4 is 17.8 Å². The van der Waals surface area contributed by atoms with Crippen LogP contribution in [0.15, 0.2) is 0 Å². The Hall–Kier alpha value is -1.59. The summed E-state index contributed by atoms with van der Waals surface area (Å²) in [6.45, 7) is 2.18. The van der Waals surface area contributed by atoms with Gasteiger partial charge in [0.15, 0.2) is 0 Å². The minimum Gasteiger partial charge on any atom is -0.480 e. The Kier molecular flexibility index (Phi) is 5.12. The average molecular weight is 256 g/mol. The Labute approximate surface area is 107 Å². The minimum absolute atomic E-state index is 0.0166. The van der Waals surface area contributed by atoms with Gasteiger partial charge in [-0.05, 0) is 19.3 Å². The molecular weight excluding hydrogens is 236 g/mol. The molecule has 1 heterocycles. The number of rotatable bonds is 5. The van der Waals surface area contributed by atoms with Gasteiger partial charge in [0.2, 0.25) is 11.8 Å². The molecule has 0 aromatic rings. The maximum atomic E-state index is 12.1. The first kappa shape index (κ1) is 14.5. The fourth-order valence-electron chi connectivity index (χ4n) is 2.21. The van der Waals surface area contributed by atoms with Gasteiger partial charge in [0, 0.05) is 20.0 Å². The largest absolute Gasteiger partial charge is 0.480 e. The summed E-state index contributed by atoms with van der Waals surface area (Å²) < 4.78 is 0. The Bertz CT molecular complexity index is 343. The van der Waals surface area contributed by atoms with E-state index < -0.39 is 12.0 Å². The highest BCUT2D eigenvalue weighted by Gasteiger charge is 2.35. The predicted molar refractivity (Wildman–Crippen MR) is 64.9 cm³/mol. The van der Waals surface area contributed by atoms with E-state index in [9.17, 15) is 14.4 Å². The normalized spacial score (nSPS) is 18.8. The van der Waals surface area contributed by atoms with Crippen LogP contribution in [-0.4, -0.2) is 58.9 Å². The van der Waals surface area contributed by atoms with Crippen molar-refractivity contribution in [2.24, 2.45) is 0 Å². The molecule has 18 heavy (non-hydrogen) atoms. The van der Waals surface area contributed by atoms with Crippen LogP contribution >= 0.6 is 0 Å². The number of likely N-dealkylation sites (tertiary alicyclic amines) is 1. The lowest BCUT2D eigenvalue weighted by molar-refractivity contribution is -0.147. The van der Waals surface area contributed by atoms with E-state index in [1.165, 1.54) is 11.9 Å². The number of hydrogen-bond acceptors (Lipinski definition) is 3. The zero-order valence-corrected chi connectivity index (χ0v) is 10.9. The second-order valence-electron chi connectivity index (χ2n) is 4.58. The molecule has 6 nitrogen and oxygen atoms in total. The number of aliphatic carboxylic acids is 1. The van der Waals surface area contributed by atoms with Crippen molar-refractivity contribution in [2.75, 3.05) is 20.1 Å². The van der Waals surface area contributed by atoms with Gasteiger partial charge in [0.05, 0.1) is 0 Å². The van der Waals surface area contributed by atoms with Crippen molar-refractivity contribution in [1.29, 1.82) is 0 Å². The number of carbonyl (C=O) groups excluding carboxylic acids is 2. The quantitative estimate of drug-likeness (QED) is 0.768. The third-order valence-electron chi connectivity index (χ3n) is 3.07. The van der Waals surface area contributed by atoms with E-state index in [0.717, 1.165) is 12.8 Å². The number of carboxylic acid groups (broad SMARTS) is 1. The summed E-state index contributed by atoms with van der Waals surface area (Å²) in [6, 6.07) is -0.478. The zero-order chi connectivity index (χ0) is 13.7. The molecule has 1 saturated heterocycles. The van der Waals surface area contributed by atoms with Crippen LogP contribution in [0.25, 0.3) is 0 Å². The molecular formula is C12H20N2O4. The molecule has 0 bridgehead atoms. The highest BCUT2D eigenvalue weighted by Crippen LogP contribution is 2.20. The Morgan fingerprint density at radius 2 is 2.06 bits per heavy atom. The molecule has 0 aliphatic carbocycles. The van der Waals surface area contributed by atoms with Gasteiger partial charge in [-0.3, -0.25) is 14.4 Å². The average Bonchev–Trinajstić information content (AvgIpc) is 2.76. The summed E-state index contributed by atoms with van der Waals surface area (Å²) in [5.41, 5.74) is 0. The molecule has 1 atom stereocenters. The smallest absolute Gasteiger partial charge is 0.323 e. The molecule has 0 spiro atoms. The monoisotopic (exact) mass is 256 g/mol. The van der Waals surface area contributed by atoms with Crippen LogP contribution in [0.4, 0.5) is 0 Å². The van der Waals surface area contributed by atoms with Gasteiger partial charge < -0.3 is 14.9 Å². The maximum Gasteiger partial charge on any atom is 0.323 e. The van der Waals surface area contributed by atoms with Gasteiger partial charge >= 0.3 is 5.97 Å². The van der Waals surface area contributed by atoms with E-state index in [1.54, 1.807) is 4.90 Å². The molecule has 102 valence electrons. The summed E-state index contributed by atoms with van der Waals surface area (Å²) in [5, 5.41) is 8.66. The summed E-state index contributed by atoms with van der Waals surface area (Å²) in [7, 11) is 1.46. The Morgan fingerprint density at radius 1 is 1.39 bits per heavy atom. The number of carboxylic acids is 1. The summed E-state index contributed by atoms with van der Waals surface area (Å²) >= 11 is 0. The van der Waals surface area contributed by atoms with Gasteiger partial charge in [-0.2, -0.15) is 0 Å². The van der Waals surface area contributed by atoms with Crippen LogP contribution in [0, 0.1) is 0 Å². The van der Waals surface area contributed by atoms with Crippen LogP contribution in [0.1, 0.15) is 32.6 Å². The van der Waals surface area contributed by atoms with E-state index in [4.69, 9.17) is 5.11 Å². The highest BCUT2D eigenvalue weighted by atomic mass is 16.4. The molecule has 6 heteroatoms. The van der Waals surface area contributed by atoms with Gasteiger partial charge in [0.25, 0.3) is 0 Å². The molecule has 0 aromatic heterocycles. The molecule has 0 radical (unpaired) electrons. The van der Waals surface area contributed by atoms with Crippen LogP contribution in [0.2, 0.25) is 0 Å². The van der Waals surface area contributed by atoms with Crippen LogP contribution in [0.5, 0.6) is 0 Å². The van der Waals surface area contributed by atoms with Gasteiger partial charge in [0.1, 0.15) is 12.6 Å². The summed E-state index contributed by atoms with van der Waals surface area (Å²) in [4.78, 5) is 37.2. The van der Waals surface area contributed by atoms with Crippen LogP contribution in [-0.2, 0) is 14.4 Å². The summed E-state index contributed by atoms with van der Waals surface area (Å²) in [5.74, 6) is -1.34.